The molecule has 0 radical (unpaired) electrons. The van der Waals surface area contributed by atoms with Crippen molar-refractivity contribution in [1.82, 2.24) is 0 Å². The first kappa shape index (κ1) is 12.5. The molecule has 19 heavy (non-hydrogen) atoms. The van der Waals surface area contributed by atoms with E-state index in [9.17, 15) is 4.39 Å². The van der Waals surface area contributed by atoms with Crippen LogP contribution in [0.4, 0.5) is 10.1 Å². The van der Waals surface area contributed by atoms with Crippen LogP contribution in [-0.2, 0) is 6.54 Å². The fourth-order valence-electron chi connectivity index (χ4n) is 2.22. The summed E-state index contributed by atoms with van der Waals surface area (Å²) < 4.78 is 19.3. The second-order valence-electron chi connectivity index (χ2n) is 5.10. The second kappa shape index (κ2) is 4.89. The van der Waals surface area contributed by atoms with Crippen LogP contribution in [0.3, 0.4) is 0 Å². The van der Waals surface area contributed by atoms with Crippen LogP contribution in [0.2, 0.25) is 5.02 Å². The molecule has 2 unspecified atom stereocenters. The number of rotatable bonds is 4. The van der Waals surface area contributed by atoms with Gasteiger partial charge in [0.1, 0.15) is 17.3 Å². The number of benzene rings is 1. The highest BCUT2D eigenvalue weighted by atomic mass is 35.5. The summed E-state index contributed by atoms with van der Waals surface area (Å²) in [6.45, 7) is 2.69. The van der Waals surface area contributed by atoms with Crippen molar-refractivity contribution >= 4 is 17.3 Å². The molecular formula is C15H15ClFNO. The summed E-state index contributed by atoms with van der Waals surface area (Å²) in [5, 5.41) is 3.41. The number of hydrogen-bond acceptors (Lipinski definition) is 2. The molecule has 1 aliphatic carbocycles. The van der Waals surface area contributed by atoms with Gasteiger partial charge >= 0.3 is 0 Å². The van der Waals surface area contributed by atoms with Crippen molar-refractivity contribution < 1.29 is 8.81 Å². The minimum absolute atomic E-state index is 0.352. The standard InChI is InChI=1S/C15H15ClFNO/c1-9-6-12(9)15-5-3-11(19-15)8-18-14-4-2-10(16)7-13(14)17/h2-5,7,9,12,18H,6,8H2,1H3. The third-order valence-electron chi connectivity index (χ3n) is 3.54. The first-order chi connectivity index (χ1) is 9.13. The van der Waals surface area contributed by atoms with Crippen LogP contribution >= 0.6 is 11.6 Å². The first-order valence-corrected chi connectivity index (χ1v) is 6.79. The zero-order valence-corrected chi connectivity index (χ0v) is 11.4. The average molecular weight is 280 g/mol. The van der Waals surface area contributed by atoms with E-state index < -0.39 is 0 Å². The molecule has 1 aliphatic rings. The molecule has 2 aromatic rings. The molecule has 0 amide bonds. The number of anilines is 1. The van der Waals surface area contributed by atoms with Crippen LogP contribution in [-0.4, -0.2) is 0 Å². The Hall–Kier alpha value is -1.48. The van der Waals surface area contributed by atoms with Gasteiger partial charge in [0.05, 0.1) is 12.2 Å². The lowest BCUT2D eigenvalue weighted by atomic mass is 10.3. The lowest BCUT2D eigenvalue weighted by Gasteiger charge is -2.06. The normalized spacial score (nSPS) is 21.4. The van der Waals surface area contributed by atoms with Gasteiger partial charge in [-0.25, -0.2) is 4.39 Å². The maximum absolute atomic E-state index is 13.6. The molecule has 0 spiro atoms. The minimum Gasteiger partial charge on any atom is -0.464 e. The third-order valence-corrected chi connectivity index (χ3v) is 3.78. The molecule has 1 saturated carbocycles. The Morgan fingerprint density at radius 1 is 1.37 bits per heavy atom. The maximum Gasteiger partial charge on any atom is 0.147 e. The van der Waals surface area contributed by atoms with Gasteiger partial charge < -0.3 is 9.73 Å². The summed E-state index contributed by atoms with van der Waals surface area (Å²) in [7, 11) is 0. The Kier molecular flexibility index (Phi) is 3.23. The van der Waals surface area contributed by atoms with Gasteiger partial charge in [0.15, 0.2) is 0 Å². The Bertz CT molecular complexity index is 596. The van der Waals surface area contributed by atoms with Gasteiger partial charge in [-0.05, 0) is 42.7 Å². The van der Waals surface area contributed by atoms with Crippen LogP contribution in [0.1, 0.15) is 30.8 Å². The topological polar surface area (TPSA) is 25.2 Å². The number of furan rings is 1. The van der Waals surface area contributed by atoms with E-state index in [-0.39, 0.29) is 5.82 Å². The highest BCUT2D eigenvalue weighted by Gasteiger charge is 2.36. The summed E-state index contributed by atoms with van der Waals surface area (Å²) in [6, 6.07) is 8.55. The fourth-order valence-corrected chi connectivity index (χ4v) is 2.38. The Balaban J connectivity index is 1.64. The van der Waals surface area contributed by atoms with Crippen molar-refractivity contribution in [1.29, 1.82) is 0 Å². The predicted octanol–water partition coefficient (Wildman–Crippen LogP) is 4.81. The molecule has 2 nitrogen and oxygen atoms in total. The van der Waals surface area contributed by atoms with E-state index in [1.54, 1.807) is 12.1 Å². The molecule has 1 aromatic heterocycles. The smallest absolute Gasteiger partial charge is 0.147 e. The summed E-state index contributed by atoms with van der Waals surface area (Å²) in [5.41, 5.74) is 0.433. The number of hydrogen-bond donors (Lipinski definition) is 1. The zero-order valence-electron chi connectivity index (χ0n) is 10.6. The summed E-state index contributed by atoms with van der Waals surface area (Å²) in [4.78, 5) is 0. The molecule has 0 saturated heterocycles. The number of nitrogens with one attached hydrogen (secondary N) is 1. The number of halogens is 2. The maximum atomic E-state index is 13.6. The first-order valence-electron chi connectivity index (χ1n) is 6.41. The molecule has 1 fully saturated rings. The van der Waals surface area contributed by atoms with E-state index in [1.807, 2.05) is 12.1 Å². The van der Waals surface area contributed by atoms with Crippen molar-refractivity contribution in [3.8, 4) is 0 Å². The predicted molar refractivity (Wildman–Crippen MR) is 74.0 cm³/mol. The van der Waals surface area contributed by atoms with E-state index >= 15 is 0 Å². The average Bonchev–Trinajstić information content (AvgIpc) is 2.91. The van der Waals surface area contributed by atoms with Gasteiger partial charge in [0.2, 0.25) is 0 Å². The van der Waals surface area contributed by atoms with Crippen molar-refractivity contribution in [2.45, 2.75) is 25.8 Å². The molecular weight excluding hydrogens is 265 g/mol. The van der Waals surface area contributed by atoms with Gasteiger partial charge in [-0.3, -0.25) is 0 Å². The largest absolute Gasteiger partial charge is 0.464 e. The molecule has 1 N–H and O–H groups in total. The van der Waals surface area contributed by atoms with Crippen LogP contribution in [0.25, 0.3) is 0 Å². The van der Waals surface area contributed by atoms with E-state index in [0.29, 0.717) is 23.2 Å². The van der Waals surface area contributed by atoms with Crippen molar-refractivity contribution in [3.05, 3.63) is 52.7 Å². The highest BCUT2D eigenvalue weighted by molar-refractivity contribution is 6.30. The Morgan fingerprint density at radius 3 is 2.84 bits per heavy atom. The lowest BCUT2D eigenvalue weighted by molar-refractivity contribution is 0.467. The molecule has 1 heterocycles. The van der Waals surface area contributed by atoms with Crippen LogP contribution < -0.4 is 5.32 Å². The highest BCUT2D eigenvalue weighted by Crippen LogP contribution is 2.47. The molecule has 0 aliphatic heterocycles. The molecule has 4 heteroatoms. The SMILES string of the molecule is CC1CC1c1ccc(CNc2ccc(Cl)cc2F)o1. The van der Waals surface area contributed by atoms with Crippen LogP contribution in [0.15, 0.2) is 34.7 Å². The van der Waals surface area contributed by atoms with Crippen molar-refractivity contribution in [3.63, 3.8) is 0 Å². The van der Waals surface area contributed by atoms with Crippen LogP contribution in [0, 0.1) is 11.7 Å². The molecule has 100 valence electrons. The molecule has 3 rings (SSSR count). The summed E-state index contributed by atoms with van der Waals surface area (Å²) in [5.74, 6) is 2.81. The van der Waals surface area contributed by atoms with E-state index in [4.69, 9.17) is 16.0 Å². The van der Waals surface area contributed by atoms with Gasteiger partial charge in [-0.15, -0.1) is 0 Å². The Morgan fingerprint density at radius 2 is 2.16 bits per heavy atom. The summed E-state index contributed by atoms with van der Waals surface area (Å²) in [6.07, 6.45) is 1.20. The van der Waals surface area contributed by atoms with Gasteiger partial charge in [-0.2, -0.15) is 0 Å². The zero-order chi connectivity index (χ0) is 13.4. The lowest BCUT2D eigenvalue weighted by Crippen LogP contribution is -2.00. The van der Waals surface area contributed by atoms with Gasteiger partial charge in [0, 0.05) is 10.9 Å². The summed E-state index contributed by atoms with van der Waals surface area (Å²) >= 11 is 5.71. The van der Waals surface area contributed by atoms with Gasteiger partial charge in [-0.1, -0.05) is 18.5 Å². The third kappa shape index (κ3) is 2.76. The fraction of sp³-hybridized carbons (Fsp3) is 0.333. The quantitative estimate of drug-likeness (QED) is 0.869. The molecule has 2 atom stereocenters. The molecule has 0 bridgehead atoms. The Labute approximate surface area is 116 Å². The molecule has 1 aromatic carbocycles. The minimum atomic E-state index is -0.352. The van der Waals surface area contributed by atoms with E-state index in [2.05, 4.69) is 12.2 Å². The van der Waals surface area contributed by atoms with E-state index in [1.165, 1.54) is 12.5 Å². The van der Waals surface area contributed by atoms with Crippen molar-refractivity contribution in [2.75, 3.05) is 5.32 Å². The van der Waals surface area contributed by atoms with Crippen LogP contribution in [0.5, 0.6) is 0 Å². The second-order valence-corrected chi connectivity index (χ2v) is 5.54. The van der Waals surface area contributed by atoms with Gasteiger partial charge in [0.25, 0.3) is 0 Å². The van der Waals surface area contributed by atoms with E-state index in [0.717, 1.165) is 17.4 Å². The van der Waals surface area contributed by atoms with Crippen molar-refractivity contribution in [2.24, 2.45) is 5.92 Å². The monoisotopic (exact) mass is 279 g/mol.